The number of aryl methyl sites for hydroxylation is 1. The molecule has 1 aromatic rings. The average molecular weight is 253 g/mol. The van der Waals surface area contributed by atoms with E-state index in [1.807, 2.05) is 24.0 Å². The number of nitrogens with zero attached hydrogens (tertiary/aromatic N) is 2. The van der Waals surface area contributed by atoms with Crippen LogP contribution in [0.2, 0.25) is 0 Å². The fraction of sp³-hybridized carbons (Fsp3) is 0.538. The van der Waals surface area contributed by atoms with E-state index in [1.165, 1.54) is 0 Å². The highest BCUT2D eigenvalue weighted by atomic mass is 35.5. The second kappa shape index (κ2) is 5.50. The predicted octanol–water partition coefficient (Wildman–Crippen LogP) is 2.62. The van der Waals surface area contributed by atoms with Crippen LogP contribution < -0.4 is 0 Å². The number of aromatic nitrogens is 1. The van der Waals surface area contributed by atoms with Crippen molar-refractivity contribution in [3.63, 3.8) is 0 Å². The molecule has 0 bridgehead atoms. The molecule has 1 aliphatic heterocycles. The molecule has 3 nitrogen and oxygen atoms in total. The van der Waals surface area contributed by atoms with Gasteiger partial charge in [-0.2, -0.15) is 0 Å². The number of pyridine rings is 1. The third-order valence-electron chi connectivity index (χ3n) is 3.22. The quantitative estimate of drug-likeness (QED) is 0.758. The maximum Gasteiger partial charge on any atom is 0.255 e. The van der Waals surface area contributed by atoms with E-state index in [9.17, 15) is 4.79 Å². The number of rotatable bonds is 2. The molecule has 4 heteroatoms. The van der Waals surface area contributed by atoms with E-state index in [2.05, 4.69) is 4.98 Å². The van der Waals surface area contributed by atoms with Gasteiger partial charge in [0.25, 0.3) is 5.91 Å². The van der Waals surface area contributed by atoms with E-state index in [0.717, 1.165) is 31.5 Å². The number of amides is 1. The fourth-order valence-electron chi connectivity index (χ4n) is 2.19. The first-order chi connectivity index (χ1) is 8.22. The molecule has 2 rings (SSSR count). The Bertz CT molecular complexity index is 391. The van der Waals surface area contributed by atoms with Crippen LogP contribution in [-0.2, 0) is 0 Å². The van der Waals surface area contributed by atoms with Crippen molar-refractivity contribution in [1.82, 2.24) is 9.88 Å². The van der Waals surface area contributed by atoms with Crippen molar-refractivity contribution in [2.75, 3.05) is 12.4 Å². The van der Waals surface area contributed by atoms with Gasteiger partial charge in [-0.25, -0.2) is 0 Å². The van der Waals surface area contributed by atoms with Crippen molar-refractivity contribution in [2.45, 2.75) is 32.2 Å². The number of likely N-dealkylation sites (tertiary alicyclic amines) is 1. The number of hydrogen-bond acceptors (Lipinski definition) is 2. The molecule has 1 aromatic heterocycles. The van der Waals surface area contributed by atoms with Crippen LogP contribution in [0.15, 0.2) is 18.3 Å². The molecule has 0 radical (unpaired) electrons. The summed E-state index contributed by atoms with van der Waals surface area (Å²) in [7, 11) is 0. The number of carbonyl (C=O) groups excluding carboxylic acids is 1. The van der Waals surface area contributed by atoms with Crippen molar-refractivity contribution in [1.29, 1.82) is 0 Å². The molecule has 92 valence electrons. The smallest absolute Gasteiger partial charge is 0.255 e. The van der Waals surface area contributed by atoms with Crippen molar-refractivity contribution >= 4 is 17.5 Å². The Morgan fingerprint density at radius 3 is 3.00 bits per heavy atom. The molecular weight excluding hydrogens is 236 g/mol. The Morgan fingerprint density at radius 1 is 1.53 bits per heavy atom. The van der Waals surface area contributed by atoms with Gasteiger partial charge < -0.3 is 4.90 Å². The van der Waals surface area contributed by atoms with Gasteiger partial charge in [0.2, 0.25) is 0 Å². The molecule has 0 N–H and O–H groups in total. The van der Waals surface area contributed by atoms with Crippen LogP contribution in [0.4, 0.5) is 0 Å². The zero-order valence-corrected chi connectivity index (χ0v) is 10.8. The molecule has 1 saturated heterocycles. The summed E-state index contributed by atoms with van der Waals surface area (Å²) in [4.78, 5) is 18.4. The van der Waals surface area contributed by atoms with Gasteiger partial charge >= 0.3 is 0 Å². The molecule has 1 fully saturated rings. The molecule has 1 atom stereocenters. The van der Waals surface area contributed by atoms with Crippen molar-refractivity contribution in [3.05, 3.63) is 29.6 Å². The summed E-state index contributed by atoms with van der Waals surface area (Å²) < 4.78 is 0. The van der Waals surface area contributed by atoms with Gasteiger partial charge in [-0.1, -0.05) is 0 Å². The summed E-state index contributed by atoms with van der Waals surface area (Å²) in [5.74, 6) is 0.577. The lowest BCUT2D eigenvalue weighted by Crippen LogP contribution is -2.44. The minimum Gasteiger partial charge on any atom is -0.334 e. The van der Waals surface area contributed by atoms with E-state index >= 15 is 0 Å². The third-order valence-corrected chi connectivity index (χ3v) is 3.58. The van der Waals surface area contributed by atoms with Crippen LogP contribution in [0.3, 0.4) is 0 Å². The number of carbonyl (C=O) groups is 1. The van der Waals surface area contributed by atoms with Gasteiger partial charge in [-0.05, 0) is 38.3 Å². The lowest BCUT2D eigenvalue weighted by Gasteiger charge is -2.34. The second-order valence-electron chi connectivity index (χ2n) is 4.49. The zero-order valence-electron chi connectivity index (χ0n) is 10.0. The van der Waals surface area contributed by atoms with Gasteiger partial charge in [0.15, 0.2) is 0 Å². The number of hydrogen-bond donors (Lipinski definition) is 0. The van der Waals surface area contributed by atoms with Crippen LogP contribution in [-0.4, -0.2) is 34.3 Å². The van der Waals surface area contributed by atoms with E-state index in [1.54, 1.807) is 6.20 Å². The zero-order chi connectivity index (χ0) is 12.3. The SMILES string of the molecule is Cc1ccc(C(=O)N2CCCCC2CCl)cn1. The highest BCUT2D eigenvalue weighted by Crippen LogP contribution is 2.20. The normalized spacial score (nSPS) is 20.4. The summed E-state index contributed by atoms with van der Waals surface area (Å²) >= 11 is 5.92. The van der Waals surface area contributed by atoms with Crippen LogP contribution in [0.5, 0.6) is 0 Å². The first kappa shape index (κ1) is 12.4. The lowest BCUT2D eigenvalue weighted by molar-refractivity contribution is 0.0638. The van der Waals surface area contributed by atoms with Crippen molar-refractivity contribution in [2.24, 2.45) is 0 Å². The summed E-state index contributed by atoms with van der Waals surface area (Å²) in [5, 5.41) is 0. The molecule has 17 heavy (non-hydrogen) atoms. The van der Waals surface area contributed by atoms with E-state index < -0.39 is 0 Å². The average Bonchev–Trinajstić information content (AvgIpc) is 2.39. The first-order valence-electron chi connectivity index (χ1n) is 6.02. The van der Waals surface area contributed by atoms with Crippen LogP contribution >= 0.6 is 11.6 Å². The summed E-state index contributed by atoms with van der Waals surface area (Å²) in [6.45, 7) is 2.72. The van der Waals surface area contributed by atoms with E-state index in [4.69, 9.17) is 11.6 Å². The lowest BCUT2D eigenvalue weighted by atomic mass is 10.0. The molecule has 1 unspecified atom stereocenters. The summed E-state index contributed by atoms with van der Waals surface area (Å²) in [6, 6.07) is 3.89. The van der Waals surface area contributed by atoms with E-state index in [0.29, 0.717) is 11.4 Å². The predicted molar refractivity (Wildman–Crippen MR) is 68.4 cm³/mol. The van der Waals surface area contributed by atoms with Crippen LogP contribution in [0.25, 0.3) is 0 Å². The van der Waals surface area contributed by atoms with Gasteiger partial charge in [0.05, 0.1) is 5.56 Å². The first-order valence-corrected chi connectivity index (χ1v) is 6.55. The molecule has 1 amide bonds. The van der Waals surface area contributed by atoms with Gasteiger partial charge in [-0.15, -0.1) is 11.6 Å². The minimum atomic E-state index is 0.0582. The van der Waals surface area contributed by atoms with Gasteiger partial charge in [0, 0.05) is 30.4 Å². The molecule has 0 aromatic carbocycles. The Kier molecular flexibility index (Phi) is 4.00. The number of alkyl halides is 1. The second-order valence-corrected chi connectivity index (χ2v) is 4.80. The van der Waals surface area contributed by atoms with Gasteiger partial charge in [-0.3, -0.25) is 9.78 Å². The Morgan fingerprint density at radius 2 is 2.35 bits per heavy atom. The largest absolute Gasteiger partial charge is 0.334 e. The molecule has 0 aliphatic carbocycles. The highest BCUT2D eigenvalue weighted by Gasteiger charge is 2.26. The number of halogens is 1. The fourth-order valence-corrected chi connectivity index (χ4v) is 2.51. The number of piperidine rings is 1. The topological polar surface area (TPSA) is 33.2 Å². The van der Waals surface area contributed by atoms with Crippen LogP contribution in [0.1, 0.15) is 35.3 Å². The third kappa shape index (κ3) is 2.78. The molecular formula is C13H17ClN2O. The van der Waals surface area contributed by atoms with Crippen molar-refractivity contribution in [3.8, 4) is 0 Å². The Labute approximate surface area is 107 Å². The van der Waals surface area contributed by atoms with E-state index in [-0.39, 0.29) is 11.9 Å². The standard InChI is InChI=1S/C13H17ClN2O/c1-10-5-6-11(9-15-10)13(17)16-7-3-2-4-12(16)8-14/h5-6,9,12H,2-4,7-8H2,1H3. The Balaban J connectivity index is 2.15. The monoisotopic (exact) mass is 252 g/mol. The molecule has 2 heterocycles. The maximum atomic E-state index is 12.3. The van der Waals surface area contributed by atoms with Crippen LogP contribution in [0, 0.1) is 6.92 Å². The highest BCUT2D eigenvalue weighted by molar-refractivity contribution is 6.18. The molecule has 0 spiro atoms. The summed E-state index contributed by atoms with van der Waals surface area (Å²) in [5.41, 5.74) is 1.58. The van der Waals surface area contributed by atoms with Crippen molar-refractivity contribution < 1.29 is 4.79 Å². The minimum absolute atomic E-state index is 0.0582. The summed E-state index contributed by atoms with van der Waals surface area (Å²) in [6.07, 6.45) is 4.89. The maximum absolute atomic E-state index is 12.3. The molecule has 0 saturated carbocycles. The van der Waals surface area contributed by atoms with Gasteiger partial charge in [0.1, 0.15) is 0 Å². The Hall–Kier alpha value is -1.09. The molecule has 1 aliphatic rings.